The van der Waals surface area contributed by atoms with Crippen LogP contribution in [-0.4, -0.2) is 22.4 Å². The van der Waals surface area contributed by atoms with Crippen molar-refractivity contribution >= 4 is 33.3 Å². The van der Waals surface area contributed by atoms with Gasteiger partial charge in [-0.15, -0.1) is 0 Å². The average molecular weight is 363 g/mol. The van der Waals surface area contributed by atoms with Crippen LogP contribution in [0.25, 0.3) is 0 Å². The Bertz CT molecular complexity index is 643. The number of carbonyl (C=O) groups is 1. The minimum atomic E-state index is -0.169. The predicted octanol–water partition coefficient (Wildman–Crippen LogP) is 3.82. The number of amides is 1. The molecule has 0 saturated heterocycles. The molecule has 0 aliphatic heterocycles. The van der Waals surface area contributed by atoms with E-state index in [0.717, 1.165) is 23.0 Å². The maximum atomic E-state index is 12.1. The number of halogens is 1. The van der Waals surface area contributed by atoms with Crippen molar-refractivity contribution in [2.75, 3.05) is 11.9 Å². The molecule has 6 heteroatoms. The summed E-state index contributed by atoms with van der Waals surface area (Å²) in [7, 11) is 0. The first-order valence-electron chi connectivity index (χ1n) is 7.25. The molecule has 1 aromatic carbocycles. The van der Waals surface area contributed by atoms with E-state index in [-0.39, 0.29) is 5.91 Å². The van der Waals surface area contributed by atoms with Gasteiger partial charge in [-0.05, 0) is 37.6 Å². The van der Waals surface area contributed by atoms with Crippen molar-refractivity contribution in [2.45, 2.75) is 26.7 Å². The van der Waals surface area contributed by atoms with Gasteiger partial charge in [0.1, 0.15) is 17.3 Å². The number of nitrogens with zero attached hydrogens (tertiary/aromatic N) is 2. The molecule has 5 nitrogen and oxygen atoms in total. The molecule has 2 aromatic rings. The van der Waals surface area contributed by atoms with E-state index in [9.17, 15) is 4.79 Å². The Labute approximate surface area is 138 Å². The third kappa shape index (κ3) is 4.80. The van der Waals surface area contributed by atoms with Gasteiger partial charge >= 0.3 is 0 Å². The molecule has 0 spiro atoms. The fourth-order valence-corrected chi connectivity index (χ4v) is 2.16. The van der Waals surface area contributed by atoms with E-state index in [2.05, 4.69) is 43.5 Å². The van der Waals surface area contributed by atoms with Crippen LogP contribution in [0.4, 0.5) is 11.5 Å². The van der Waals surface area contributed by atoms with Crippen LogP contribution in [0, 0.1) is 6.92 Å². The van der Waals surface area contributed by atoms with Gasteiger partial charge in [0.05, 0.1) is 0 Å². The summed E-state index contributed by atoms with van der Waals surface area (Å²) in [5.74, 6) is 0.996. The van der Waals surface area contributed by atoms with Crippen LogP contribution >= 0.6 is 15.9 Å². The van der Waals surface area contributed by atoms with Gasteiger partial charge in [0, 0.05) is 22.8 Å². The third-order valence-corrected chi connectivity index (χ3v) is 3.53. The second-order valence-electron chi connectivity index (χ2n) is 4.93. The average Bonchev–Trinajstić information content (AvgIpc) is 2.49. The highest BCUT2D eigenvalue weighted by atomic mass is 79.9. The number of anilines is 2. The highest BCUT2D eigenvalue weighted by Crippen LogP contribution is 2.18. The summed E-state index contributed by atoms with van der Waals surface area (Å²) in [6.45, 7) is 4.52. The number of unbranched alkanes of at least 4 members (excludes halogenated alkanes) is 1. The highest BCUT2D eigenvalue weighted by molar-refractivity contribution is 9.10. The van der Waals surface area contributed by atoms with Gasteiger partial charge in [-0.2, -0.15) is 0 Å². The predicted molar refractivity (Wildman–Crippen MR) is 91.4 cm³/mol. The number of aryl methyl sites for hydroxylation is 1. The Morgan fingerprint density at radius 1 is 1.23 bits per heavy atom. The zero-order valence-electron chi connectivity index (χ0n) is 12.7. The van der Waals surface area contributed by atoms with E-state index in [4.69, 9.17) is 0 Å². The summed E-state index contributed by atoms with van der Waals surface area (Å²) in [5, 5.41) is 6.04. The number of rotatable bonds is 6. The monoisotopic (exact) mass is 362 g/mol. The van der Waals surface area contributed by atoms with Crippen molar-refractivity contribution < 1.29 is 4.79 Å². The molecule has 116 valence electrons. The lowest BCUT2D eigenvalue weighted by Crippen LogP contribution is -2.25. The van der Waals surface area contributed by atoms with E-state index < -0.39 is 0 Å². The molecule has 0 aliphatic rings. The largest absolute Gasteiger partial charge is 0.351 e. The Hall–Kier alpha value is -1.95. The number of hydrogen-bond donors (Lipinski definition) is 2. The first-order chi connectivity index (χ1) is 10.6. The number of nitrogens with one attached hydrogen (secondary N) is 2. The first kappa shape index (κ1) is 16.4. The number of hydrogen-bond acceptors (Lipinski definition) is 4. The normalized spacial score (nSPS) is 10.3. The molecule has 1 heterocycles. The van der Waals surface area contributed by atoms with E-state index >= 15 is 0 Å². The summed E-state index contributed by atoms with van der Waals surface area (Å²) in [4.78, 5) is 20.6. The zero-order valence-corrected chi connectivity index (χ0v) is 14.3. The van der Waals surface area contributed by atoms with E-state index in [0.29, 0.717) is 23.9 Å². The number of carbonyl (C=O) groups excluding carboxylic acids is 1. The molecule has 0 fully saturated rings. The van der Waals surface area contributed by atoms with Crippen LogP contribution < -0.4 is 10.6 Å². The molecule has 1 amide bonds. The minimum Gasteiger partial charge on any atom is -0.351 e. The molecule has 0 saturated carbocycles. The Kier molecular flexibility index (Phi) is 5.89. The molecule has 22 heavy (non-hydrogen) atoms. The molecule has 0 radical (unpaired) electrons. The maximum Gasteiger partial charge on any atom is 0.270 e. The molecule has 1 aromatic heterocycles. The summed E-state index contributed by atoms with van der Waals surface area (Å²) in [6.07, 6.45) is 2.00. The number of aromatic nitrogens is 2. The first-order valence-corrected chi connectivity index (χ1v) is 8.04. The molecule has 2 N–H and O–H groups in total. The lowest BCUT2D eigenvalue weighted by Gasteiger charge is -2.09. The number of benzene rings is 1. The van der Waals surface area contributed by atoms with Crippen molar-refractivity contribution in [3.63, 3.8) is 0 Å². The highest BCUT2D eigenvalue weighted by Gasteiger charge is 2.10. The summed E-state index contributed by atoms with van der Waals surface area (Å²) < 4.78 is 1.01. The molecule has 0 aliphatic carbocycles. The quantitative estimate of drug-likeness (QED) is 0.766. The lowest BCUT2D eigenvalue weighted by molar-refractivity contribution is 0.0948. The van der Waals surface area contributed by atoms with Crippen molar-refractivity contribution in [3.05, 3.63) is 46.3 Å². The van der Waals surface area contributed by atoms with E-state index in [1.807, 2.05) is 24.3 Å². The third-order valence-electron chi connectivity index (χ3n) is 3.00. The Balaban J connectivity index is 2.12. The van der Waals surface area contributed by atoms with Gasteiger partial charge in [-0.1, -0.05) is 29.3 Å². The van der Waals surface area contributed by atoms with Gasteiger partial charge in [0.15, 0.2) is 0 Å². The van der Waals surface area contributed by atoms with Crippen molar-refractivity contribution in [2.24, 2.45) is 0 Å². The van der Waals surface area contributed by atoms with Crippen LogP contribution in [0.2, 0.25) is 0 Å². The SMILES string of the molecule is CCCCNC(=O)c1cc(Nc2ccc(Br)cc2)nc(C)n1. The second-order valence-corrected chi connectivity index (χ2v) is 5.84. The summed E-state index contributed by atoms with van der Waals surface area (Å²) in [6, 6.07) is 9.41. The smallest absolute Gasteiger partial charge is 0.270 e. The standard InChI is InChI=1S/C16H19BrN4O/c1-3-4-9-18-16(22)14-10-15(20-11(2)19-14)21-13-7-5-12(17)6-8-13/h5-8,10H,3-4,9H2,1-2H3,(H,18,22)(H,19,20,21). The van der Waals surface area contributed by atoms with Crippen molar-refractivity contribution in [1.82, 2.24) is 15.3 Å². The molecule has 0 bridgehead atoms. The maximum absolute atomic E-state index is 12.1. The van der Waals surface area contributed by atoms with Gasteiger partial charge in [0.2, 0.25) is 0 Å². The Morgan fingerprint density at radius 3 is 2.64 bits per heavy atom. The molecule has 0 atom stereocenters. The molecule has 2 rings (SSSR count). The van der Waals surface area contributed by atoms with Crippen LogP contribution in [0.3, 0.4) is 0 Å². The van der Waals surface area contributed by atoms with Crippen LogP contribution in [0.5, 0.6) is 0 Å². The second kappa shape index (κ2) is 7.89. The Morgan fingerprint density at radius 2 is 1.95 bits per heavy atom. The van der Waals surface area contributed by atoms with Gasteiger partial charge in [0.25, 0.3) is 5.91 Å². The molecular weight excluding hydrogens is 344 g/mol. The van der Waals surface area contributed by atoms with Crippen molar-refractivity contribution in [1.29, 1.82) is 0 Å². The summed E-state index contributed by atoms with van der Waals surface area (Å²) in [5.41, 5.74) is 1.28. The van der Waals surface area contributed by atoms with E-state index in [1.54, 1.807) is 13.0 Å². The van der Waals surface area contributed by atoms with Crippen LogP contribution in [-0.2, 0) is 0 Å². The van der Waals surface area contributed by atoms with Gasteiger partial charge < -0.3 is 10.6 Å². The van der Waals surface area contributed by atoms with Crippen LogP contribution in [0.15, 0.2) is 34.8 Å². The fraction of sp³-hybridized carbons (Fsp3) is 0.312. The van der Waals surface area contributed by atoms with Gasteiger partial charge in [-0.3, -0.25) is 4.79 Å². The van der Waals surface area contributed by atoms with Crippen molar-refractivity contribution in [3.8, 4) is 0 Å². The fourth-order valence-electron chi connectivity index (χ4n) is 1.90. The minimum absolute atomic E-state index is 0.169. The molecular formula is C16H19BrN4O. The zero-order chi connectivity index (χ0) is 15.9. The van der Waals surface area contributed by atoms with Crippen LogP contribution in [0.1, 0.15) is 36.1 Å². The van der Waals surface area contributed by atoms with Gasteiger partial charge in [-0.25, -0.2) is 9.97 Å². The molecule has 0 unspecified atom stereocenters. The lowest BCUT2D eigenvalue weighted by atomic mass is 10.3. The van der Waals surface area contributed by atoms with E-state index in [1.165, 1.54) is 0 Å². The summed E-state index contributed by atoms with van der Waals surface area (Å²) >= 11 is 3.40. The topological polar surface area (TPSA) is 66.9 Å².